The van der Waals surface area contributed by atoms with Gasteiger partial charge in [0, 0.05) is 33.5 Å². The molecule has 0 spiro atoms. The maximum Gasteiger partial charge on any atom is 0.417 e. The molecule has 0 fully saturated rings. The number of nitrogens with two attached hydrogens (primary N) is 1. The Hall–Kier alpha value is -4.98. The van der Waals surface area contributed by atoms with Crippen LogP contribution in [0, 0.1) is 0 Å². The zero-order valence-electron chi connectivity index (χ0n) is 22.6. The Morgan fingerprint density at radius 2 is 1.22 bits per heavy atom. The largest absolute Gasteiger partial charge is 0.497 e. The zero-order valence-corrected chi connectivity index (χ0v) is 22.6. The molecule has 2 N–H and O–H groups in total. The summed E-state index contributed by atoms with van der Waals surface area (Å²) in [6.07, 6.45) is -4.82. The standard InChI is InChI=1S/C33H27F3N2O3/c1-39-23-13-9-10-20(19-23)28-30(33(34,35)36)29(24-14-4-6-16-26(24)40-2)32(25-15-5-7-17-27(25)41-3)38-31(28)21-11-8-12-22(37)18-21/h4-19H,37H2,1-3H3. The molecule has 4 aromatic carbocycles. The molecule has 1 heterocycles. The van der Waals surface area contributed by atoms with Crippen molar-refractivity contribution >= 4 is 5.69 Å². The van der Waals surface area contributed by atoms with Gasteiger partial charge in [-0.05, 0) is 48.0 Å². The van der Waals surface area contributed by atoms with Crippen LogP contribution in [0.15, 0.2) is 97.1 Å². The molecule has 5 aromatic rings. The van der Waals surface area contributed by atoms with E-state index < -0.39 is 11.7 Å². The Kier molecular flexibility index (Phi) is 7.57. The number of rotatable bonds is 7. The quantitative estimate of drug-likeness (QED) is 0.204. The molecule has 0 aliphatic rings. The SMILES string of the molecule is COc1cccc(-c2c(-c3cccc(N)c3)nc(-c3ccccc3OC)c(-c3ccccc3OC)c2C(F)(F)F)c1. The molecule has 0 atom stereocenters. The number of halogens is 3. The number of benzene rings is 4. The predicted molar refractivity (Wildman–Crippen MR) is 155 cm³/mol. The fourth-order valence-corrected chi connectivity index (χ4v) is 4.97. The number of hydrogen-bond acceptors (Lipinski definition) is 5. The van der Waals surface area contributed by atoms with E-state index in [4.69, 9.17) is 24.9 Å². The number of ether oxygens (including phenoxy) is 3. The number of alkyl halides is 3. The Labute approximate surface area is 236 Å². The summed E-state index contributed by atoms with van der Waals surface area (Å²) in [4.78, 5) is 4.99. The van der Waals surface area contributed by atoms with Gasteiger partial charge in [-0.1, -0.05) is 54.6 Å². The number of nitrogens with zero attached hydrogens (tertiary/aromatic N) is 1. The molecular formula is C33H27F3N2O3. The maximum atomic E-state index is 15.6. The van der Waals surface area contributed by atoms with Crippen molar-refractivity contribution in [3.8, 4) is 62.0 Å². The second-order valence-corrected chi connectivity index (χ2v) is 9.19. The third-order valence-corrected chi connectivity index (χ3v) is 6.74. The van der Waals surface area contributed by atoms with Crippen LogP contribution in [-0.2, 0) is 6.18 Å². The number of nitrogen functional groups attached to an aromatic ring is 1. The average Bonchev–Trinajstić information content (AvgIpc) is 2.99. The molecule has 0 aliphatic heterocycles. The van der Waals surface area contributed by atoms with Gasteiger partial charge in [0.25, 0.3) is 0 Å². The number of pyridine rings is 1. The highest BCUT2D eigenvalue weighted by Crippen LogP contribution is 2.52. The van der Waals surface area contributed by atoms with Gasteiger partial charge in [-0.3, -0.25) is 0 Å². The minimum atomic E-state index is -4.82. The first kappa shape index (κ1) is 27.6. The van der Waals surface area contributed by atoms with Crippen LogP contribution in [-0.4, -0.2) is 26.3 Å². The van der Waals surface area contributed by atoms with E-state index in [1.807, 2.05) is 0 Å². The van der Waals surface area contributed by atoms with E-state index in [2.05, 4.69) is 0 Å². The van der Waals surface area contributed by atoms with E-state index in [0.29, 0.717) is 28.3 Å². The third-order valence-electron chi connectivity index (χ3n) is 6.74. The molecule has 0 bridgehead atoms. The Morgan fingerprint density at radius 1 is 0.610 bits per heavy atom. The lowest BCUT2D eigenvalue weighted by atomic mass is 9.85. The molecule has 5 rings (SSSR count). The highest BCUT2D eigenvalue weighted by Gasteiger charge is 2.41. The summed E-state index contributed by atoms with van der Waals surface area (Å²) in [6, 6.07) is 26.6. The number of aromatic nitrogens is 1. The summed E-state index contributed by atoms with van der Waals surface area (Å²) in [6.45, 7) is 0. The first-order chi connectivity index (χ1) is 19.8. The van der Waals surface area contributed by atoms with Crippen LogP contribution < -0.4 is 19.9 Å². The Bertz CT molecular complexity index is 1720. The third kappa shape index (κ3) is 5.28. The van der Waals surface area contributed by atoms with Gasteiger partial charge in [0.15, 0.2) is 0 Å². The van der Waals surface area contributed by atoms with Crippen LogP contribution in [0.3, 0.4) is 0 Å². The van der Waals surface area contributed by atoms with Gasteiger partial charge in [-0.15, -0.1) is 0 Å². The van der Waals surface area contributed by atoms with Gasteiger partial charge in [0.1, 0.15) is 17.2 Å². The molecule has 0 amide bonds. The lowest BCUT2D eigenvalue weighted by Gasteiger charge is -2.25. The van der Waals surface area contributed by atoms with E-state index in [-0.39, 0.29) is 39.4 Å². The van der Waals surface area contributed by atoms with Gasteiger partial charge < -0.3 is 19.9 Å². The van der Waals surface area contributed by atoms with Crippen molar-refractivity contribution < 1.29 is 27.4 Å². The van der Waals surface area contributed by atoms with Crippen LogP contribution in [0.5, 0.6) is 17.2 Å². The van der Waals surface area contributed by atoms with Crippen molar-refractivity contribution in [2.45, 2.75) is 6.18 Å². The summed E-state index contributed by atoms with van der Waals surface area (Å²) < 4.78 is 63.3. The molecule has 8 heteroatoms. The fourth-order valence-electron chi connectivity index (χ4n) is 4.97. The summed E-state index contributed by atoms with van der Waals surface area (Å²) in [5.41, 5.74) is 6.91. The van der Waals surface area contributed by atoms with Gasteiger partial charge in [0.05, 0.1) is 38.3 Å². The van der Waals surface area contributed by atoms with E-state index in [9.17, 15) is 0 Å². The number of hydrogen-bond donors (Lipinski definition) is 1. The van der Waals surface area contributed by atoms with Crippen molar-refractivity contribution in [1.29, 1.82) is 0 Å². The zero-order chi connectivity index (χ0) is 29.1. The summed E-state index contributed by atoms with van der Waals surface area (Å²) >= 11 is 0. The highest BCUT2D eigenvalue weighted by molar-refractivity contribution is 5.97. The molecule has 0 saturated carbocycles. The second-order valence-electron chi connectivity index (χ2n) is 9.19. The van der Waals surface area contributed by atoms with Crippen LogP contribution >= 0.6 is 0 Å². The van der Waals surface area contributed by atoms with Crippen LogP contribution in [0.2, 0.25) is 0 Å². The molecule has 0 saturated heterocycles. The molecule has 0 aliphatic carbocycles. The molecule has 1 aromatic heterocycles. The van der Waals surface area contributed by atoms with Crippen LogP contribution in [0.25, 0.3) is 44.8 Å². The van der Waals surface area contributed by atoms with E-state index >= 15 is 13.2 Å². The normalized spacial score (nSPS) is 11.3. The van der Waals surface area contributed by atoms with E-state index in [1.54, 1.807) is 97.1 Å². The number of methoxy groups -OCH3 is 3. The van der Waals surface area contributed by atoms with Crippen LogP contribution in [0.4, 0.5) is 18.9 Å². The average molecular weight is 557 g/mol. The molecule has 208 valence electrons. The van der Waals surface area contributed by atoms with Gasteiger partial charge in [-0.25, -0.2) is 4.98 Å². The fraction of sp³-hybridized carbons (Fsp3) is 0.121. The molecule has 0 radical (unpaired) electrons. The first-order valence-electron chi connectivity index (χ1n) is 12.7. The summed E-state index contributed by atoms with van der Waals surface area (Å²) in [5, 5.41) is 0. The lowest BCUT2D eigenvalue weighted by molar-refractivity contribution is -0.136. The highest BCUT2D eigenvalue weighted by atomic mass is 19.4. The molecule has 0 unspecified atom stereocenters. The second kappa shape index (κ2) is 11.3. The number of para-hydroxylation sites is 2. The smallest absolute Gasteiger partial charge is 0.417 e. The minimum absolute atomic E-state index is 0.0864. The van der Waals surface area contributed by atoms with Crippen molar-refractivity contribution in [1.82, 2.24) is 4.98 Å². The van der Waals surface area contributed by atoms with E-state index in [0.717, 1.165) is 0 Å². The van der Waals surface area contributed by atoms with Gasteiger partial charge in [0.2, 0.25) is 0 Å². The monoisotopic (exact) mass is 556 g/mol. The molecule has 5 nitrogen and oxygen atoms in total. The first-order valence-corrected chi connectivity index (χ1v) is 12.7. The number of anilines is 1. The van der Waals surface area contributed by atoms with Crippen molar-refractivity contribution in [2.24, 2.45) is 0 Å². The van der Waals surface area contributed by atoms with Crippen molar-refractivity contribution in [3.05, 3.63) is 103 Å². The summed E-state index contributed by atoms with van der Waals surface area (Å²) in [5.74, 6) is 1.04. The summed E-state index contributed by atoms with van der Waals surface area (Å²) in [7, 11) is 4.36. The Morgan fingerprint density at radius 3 is 1.85 bits per heavy atom. The van der Waals surface area contributed by atoms with Gasteiger partial charge in [-0.2, -0.15) is 13.2 Å². The van der Waals surface area contributed by atoms with Crippen molar-refractivity contribution in [2.75, 3.05) is 27.1 Å². The topological polar surface area (TPSA) is 66.6 Å². The molecular weight excluding hydrogens is 529 g/mol. The molecule has 41 heavy (non-hydrogen) atoms. The maximum absolute atomic E-state index is 15.6. The van der Waals surface area contributed by atoms with Gasteiger partial charge >= 0.3 is 6.18 Å². The predicted octanol–water partition coefficient (Wildman–Crippen LogP) is 8.38. The van der Waals surface area contributed by atoms with Crippen LogP contribution in [0.1, 0.15) is 5.56 Å². The lowest BCUT2D eigenvalue weighted by Crippen LogP contribution is -2.14. The van der Waals surface area contributed by atoms with E-state index in [1.165, 1.54) is 21.3 Å². The van der Waals surface area contributed by atoms with Crippen molar-refractivity contribution in [3.63, 3.8) is 0 Å². The Balaban J connectivity index is 2.07. The minimum Gasteiger partial charge on any atom is -0.497 e.